The zero-order valence-corrected chi connectivity index (χ0v) is 8.43. The van der Waals surface area contributed by atoms with Crippen molar-refractivity contribution in [2.75, 3.05) is 26.0 Å². The van der Waals surface area contributed by atoms with E-state index in [9.17, 15) is 0 Å². The highest BCUT2D eigenvalue weighted by Gasteiger charge is 2.14. The fraction of sp³-hybridized carbons (Fsp3) is 0.750. The molecule has 1 aliphatic rings. The molecule has 1 N–H and O–H groups in total. The SMILES string of the molecule is CSC(=NCC1CCOC1)NC#N. The fourth-order valence-corrected chi connectivity index (χ4v) is 1.49. The van der Waals surface area contributed by atoms with E-state index in [1.807, 2.05) is 12.4 Å². The second-order valence-electron chi connectivity index (χ2n) is 2.82. The lowest BCUT2D eigenvalue weighted by Gasteiger charge is -2.03. The third kappa shape index (κ3) is 3.66. The Morgan fingerprint density at radius 2 is 2.69 bits per heavy atom. The number of hydrogen-bond acceptors (Lipinski definition) is 4. The van der Waals surface area contributed by atoms with Crippen LogP contribution in [-0.2, 0) is 4.74 Å². The van der Waals surface area contributed by atoms with Crippen LogP contribution in [0.5, 0.6) is 0 Å². The first-order chi connectivity index (χ1) is 6.36. The molecule has 5 heteroatoms. The molecule has 0 aliphatic carbocycles. The van der Waals surface area contributed by atoms with Crippen LogP contribution in [0.15, 0.2) is 4.99 Å². The quantitative estimate of drug-likeness (QED) is 0.309. The summed E-state index contributed by atoms with van der Waals surface area (Å²) in [5.74, 6) is 0.530. The van der Waals surface area contributed by atoms with Gasteiger partial charge in [0.05, 0.1) is 6.61 Å². The van der Waals surface area contributed by atoms with Gasteiger partial charge in [0.1, 0.15) is 0 Å². The normalized spacial score (nSPS) is 22.8. The molecule has 1 fully saturated rings. The Morgan fingerprint density at radius 1 is 1.85 bits per heavy atom. The van der Waals surface area contributed by atoms with E-state index < -0.39 is 0 Å². The van der Waals surface area contributed by atoms with Crippen molar-refractivity contribution in [1.82, 2.24) is 5.32 Å². The predicted molar refractivity (Wildman–Crippen MR) is 53.5 cm³/mol. The van der Waals surface area contributed by atoms with Gasteiger partial charge in [-0.05, 0) is 12.7 Å². The third-order valence-electron chi connectivity index (χ3n) is 1.87. The first-order valence-electron chi connectivity index (χ1n) is 4.18. The molecule has 1 unspecified atom stereocenters. The van der Waals surface area contributed by atoms with E-state index in [0.717, 1.165) is 26.2 Å². The van der Waals surface area contributed by atoms with Crippen LogP contribution in [0.2, 0.25) is 0 Å². The van der Waals surface area contributed by atoms with E-state index in [2.05, 4.69) is 10.3 Å². The van der Waals surface area contributed by atoms with E-state index >= 15 is 0 Å². The molecule has 0 saturated carbocycles. The summed E-state index contributed by atoms with van der Waals surface area (Å²) in [5.41, 5.74) is 0. The first-order valence-corrected chi connectivity index (χ1v) is 5.40. The average Bonchev–Trinajstić information content (AvgIpc) is 2.64. The number of nitrogens with one attached hydrogen (secondary N) is 1. The second kappa shape index (κ2) is 5.84. The summed E-state index contributed by atoms with van der Waals surface area (Å²) in [4.78, 5) is 4.28. The van der Waals surface area contributed by atoms with Crippen molar-refractivity contribution in [3.63, 3.8) is 0 Å². The summed E-state index contributed by atoms with van der Waals surface area (Å²) in [6, 6.07) is 0. The summed E-state index contributed by atoms with van der Waals surface area (Å²) >= 11 is 1.45. The van der Waals surface area contributed by atoms with E-state index in [0.29, 0.717) is 11.1 Å². The maximum Gasteiger partial charge on any atom is 0.183 e. The van der Waals surface area contributed by atoms with Gasteiger partial charge in [-0.1, -0.05) is 11.8 Å². The van der Waals surface area contributed by atoms with Gasteiger partial charge in [0, 0.05) is 19.1 Å². The van der Waals surface area contributed by atoms with Crippen molar-refractivity contribution in [3.8, 4) is 6.19 Å². The fourth-order valence-electron chi connectivity index (χ4n) is 1.14. The molecule has 0 radical (unpaired) electrons. The van der Waals surface area contributed by atoms with E-state index in [1.165, 1.54) is 11.8 Å². The van der Waals surface area contributed by atoms with E-state index in [-0.39, 0.29) is 0 Å². The third-order valence-corrected chi connectivity index (χ3v) is 2.49. The summed E-state index contributed by atoms with van der Waals surface area (Å²) in [6.07, 6.45) is 4.84. The summed E-state index contributed by atoms with van der Waals surface area (Å²) < 4.78 is 5.22. The Hall–Kier alpha value is -0.730. The minimum absolute atomic E-state index is 0.530. The molecule has 1 saturated heterocycles. The molecule has 4 nitrogen and oxygen atoms in total. The van der Waals surface area contributed by atoms with Crippen LogP contribution in [0.4, 0.5) is 0 Å². The largest absolute Gasteiger partial charge is 0.381 e. The molecule has 1 aliphatic heterocycles. The minimum atomic E-state index is 0.530. The van der Waals surface area contributed by atoms with Crippen molar-refractivity contribution in [1.29, 1.82) is 5.26 Å². The topological polar surface area (TPSA) is 57.4 Å². The number of ether oxygens (including phenoxy) is 1. The maximum atomic E-state index is 8.38. The Balaban J connectivity index is 2.30. The molecule has 72 valence electrons. The Bertz CT molecular complexity index is 218. The standard InChI is InChI=1S/C8H13N3OS/c1-13-8(11-6-9)10-4-7-2-3-12-5-7/h7H,2-5H2,1H3,(H,10,11). The van der Waals surface area contributed by atoms with E-state index in [4.69, 9.17) is 10.00 Å². The minimum Gasteiger partial charge on any atom is -0.381 e. The Labute approximate surface area is 82.4 Å². The maximum absolute atomic E-state index is 8.38. The van der Waals surface area contributed by atoms with Gasteiger partial charge in [0.2, 0.25) is 0 Å². The van der Waals surface area contributed by atoms with Crippen molar-refractivity contribution < 1.29 is 4.74 Å². The van der Waals surface area contributed by atoms with Crippen LogP contribution in [0.25, 0.3) is 0 Å². The molecule has 1 atom stereocenters. The number of nitriles is 1. The predicted octanol–water partition coefficient (Wildman–Crippen LogP) is 0.813. The van der Waals surface area contributed by atoms with Crippen molar-refractivity contribution in [2.24, 2.45) is 10.9 Å². The van der Waals surface area contributed by atoms with Gasteiger partial charge in [0.25, 0.3) is 0 Å². The van der Waals surface area contributed by atoms with Crippen LogP contribution < -0.4 is 5.32 Å². The molecule has 0 aromatic rings. The van der Waals surface area contributed by atoms with Gasteiger partial charge in [-0.3, -0.25) is 10.3 Å². The van der Waals surface area contributed by atoms with Crippen molar-refractivity contribution in [2.45, 2.75) is 6.42 Å². The summed E-state index contributed by atoms with van der Waals surface area (Å²) in [5, 5.41) is 11.6. The number of aliphatic imine (C=N–C) groups is 1. The molecular formula is C8H13N3OS. The van der Waals surface area contributed by atoms with Gasteiger partial charge in [-0.15, -0.1) is 0 Å². The molecule has 0 amide bonds. The van der Waals surface area contributed by atoms with Gasteiger partial charge in [0.15, 0.2) is 11.4 Å². The molecule has 0 spiro atoms. The highest BCUT2D eigenvalue weighted by molar-refractivity contribution is 8.13. The summed E-state index contributed by atoms with van der Waals surface area (Å²) in [6.45, 7) is 2.41. The van der Waals surface area contributed by atoms with Crippen molar-refractivity contribution in [3.05, 3.63) is 0 Å². The number of hydrogen-bond donors (Lipinski definition) is 1. The molecule has 13 heavy (non-hydrogen) atoms. The molecular weight excluding hydrogens is 186 g/mol. The van der Waals surface area contributed by atoms with Gasteiger partial charge in [-0.2, -0.15) is 5.26 Å². The highest BCUT2D eigenvalue weighted by atomic mass is 32.2. The molecule has 0 aromatic heterocycles. The Kier molecular flexibility index (Phi) is 4.65. The lowest BCUT2D eigenvalue weighted by Crippen LogP contribution is -2.15. The number of nitrogens with zero attached hydrogens (tertiary/aromatic N) is 2. The zero-order chi connectivity index (χ0) is 9.52. The van der Waals surface area contributed by atoms with Crippen LogP contribution in [-0.4, -0.2) is 31.2 Å². The van der Waals surface area contributed by atoms with Gasteiger partial charge in [-0.25, -0.2) is 0 Å². The van der Waals surface area contributed by atoms with Crippen LogP contribution in [0, 0.1) is 17.4 Å². The lowest BCUT2D eigenvalue weighted by atomic mass is 10.1. The van der Waals surface area contributed by atoms with Crippen LogP contribution in [0.3, 0.4) is 0 Å². The monoisotopic (exact) mass is 199 g/mol. The van der Waals surface area contributed by atoms with Gasteiger partial charge >= 0.3 is 0 Å². The van der Waals surface area contributed by atoms with Crippen molar-refractivity contribution >= 4 is 16.9 Å². The average molecular weight is 199 g/mol. The molecule has 1 heterocycles. The number of amidine groups is 1. The van der Waals surface area contributed by atoms with Gasteiger partial charge < -0.3 is 4.74 Å². The molecule has 0 aromatic carbocycles. The first kappa shape index (κ1) is 10.4. The summed E-state index contributed by atoms with van der Waals surface area (Å²) in [7, 11) is 0. The number of rotatable bonds is 2. The lowest BCUT2D eigenvalue weighted by molar-refractivity contribution is 0.187. The zero-order valence-electron chi connectivity index (χ0n) is 7.62. The van der Waals surface area contributed by atoms with Crippen LogP contribution >= 0.6 is 11.8 Å². The number of thioether (sulfide) groups is 1. The van der Waals surface area contributed by atoms with E-state index in [1.54, 1.807) is 0 Å². The second-order valence-corrected chi connectivity index (χ2v) is 3.61. The Morgan fingerprint density at radius 3 is 3.23 bits per heavy atom. The van der Waals surface area contributed by atoms with Crippen LogP contribution in [0.1, 0.15) is 6.42 Å². The molecule has 1 rings (SSSR count). The highest BCUT2D eigenvalue weighted by Crippen LogP contribution is 2.12. The smallest absolute Gasteiger partial charge is 0.183 e. The molecule has 0 bridgehead atoms.